The van der Waals surface area contributed by atoms with Crippen molar-refractivity contribution in [1.82, 2.24) is 4.98 Å². The normalized spacial score (nSPS) is 18.1. The standard InChI is InChI=1S/C9H9ClN2O2/c1-9(2)8(13)12-5-3-4-11-7(10)6(5)14-9/h3-4H,1-2H3,(H,12,13). The van der Waals surface area contributed by atoms with Crippen LogP contribution in [0.15, 0.2) is 12.3 Å². The molecule has 0 bridgehead atoms. The number of nitrogens with one attached hydrogen (secondary N) is 1. The van der Waals surface area contributed by atoms with E-state index in [2.05, 4.69) is 10.3 Å². The number of nitrogens with zero attached hydrogens (tertiary/aromatic N) is 1. The highest BCUT2D eigenvalue weighted by atomic mass is 35.5. The van der Waals surface area contributed by atoms with Crippen molar-refractivity contribution in [2.75, 3.05) is 5.32 Å². The van der Waals surface area contributed by atoms with Crippen molar-refractivity contribution >= 4 is 23.2 Å². The molecule has 1 aliphatic rings. The van der Waals surface area contributed by atoms with Crippen LogP contribution in [0.5, 0.6) is 5.75 Å². The molecule has 0 aromatic carbocycles. The number of halogens is 1. The van der Waals surface area contributed by atoms with Gasteiger partial charge in [0.25, 0.3) is 5.91 Å². The summed E-state index contributed by atoms with van der Waals surface area (Å²) in [4.78, 5) is 15.4. The highest BCUT2D eigenvalue weighted by Crippen LogP contribution is 2.37. The molecule has 1 aromatic heterocycles. The maximum absolute atomic E-state index is 11.5. The first-order valence-corrected chi connectivity index (χ1v) is 4.53. The van der Waals surface area contributed by atoms with Crippen LogP contribution in [0.2, 0.25) is 5.15 Å². The molecule has 1 aromatic rings. The molecular weight excluding hydrogens is 204 g/mol. The SMILES string of the molecule is CC1(C)Oc2c(ccnc2Cl)NC1=O. The summed E-state index contributed by atoms with van der Waals surface area (Å²) in [5, 5.41) is 2.96. The first-order chi connectivity index (χ1) is 6.50. The Labute approximate surface area is 86.2 Å². The van der Waals surface area contributed by atoms with Crippen molar-refractivity contribution in [3.8, 4) is 5.75 Å². The summed E-state index contributed by atoms with van der Waals surface area (Å²) in [5.41, 5.74) is -0.339. The Kier molecular flexibility index (Phi) is 1.89. The molecule has 0 fully saturated rings. The number of aromatic nitrogens is 1. The van der Waals surface area contributed by atoms with Gasteiger partial charge in [-0.15, -0.1) is 0 Å². The monoisotopic (exact) mass is 212 g/mol. The topological polar surface area (TPSA) is 51.2 Å². The van der Waals surface area contributed by atoms with Crippen LogP contribution in [0.25, 0.3) is 0 Å². The van der Waals surface area contributed by atoms with Gasteiger partial charge in [-0.05, 0) is 19.9 Å². The van der Waals surface area contributed by atoms with E-state index in [4.69, 9.17) is 16.3 Å². The van der Waals surface area contributed by atoms with Gasteiger partial charge in [-0.25, -0.2) is 4.98 Å². The molecule has 1 N–H and O–H groups in total. The molecule has 0 radical (unpaired) electrons. The molecule has 2 rings (SSSR count). The Bertz CT molecular complexity index is 404. The van der Waals surface area contributed by atoms with Gasteiger partial charge in [0.1, 0.15) is 0 Å². The minimum atomic E-state index is -0.903. The van der Waals surface area contributed by atoms with E-state index in [-0.39, 0.29) is 11.1 Å². The summed E-state index contributed by atoms with van der Waals surface area (Å²) in [5.74, 6) is 0.242. The van der Waals surface area contributed by atoms with Gasteiger partial charge in [0.15, 0.2) is 16.5 Å². The Morgan fingerprint density at radius 3 is 3.00 bits per heavy atom. The second-order valence-corrected chi connectivity index (χ2v) is 3.90. The fraction of sp³-hybridized carbons (Fsp3) is 0.333. The Morgan fingerprint density at radius 2 is 2.29 bits per heavy atom. The van der Waals surface area contributed by atoms with Crippen molar-refractivity contribution in [2.24, 2.45) is 0 Å². The van der Waals surface area contributed by atoms with Gasteiger partial charge >= 0.3 is 0 Å². The summed E-state index contributed by atoms with van der Waals surface area (Å²) < 4.78 is 5.46. The van der Waals surface area contributed by atoms with Crippen molar-refractivity contribution in [3.05, 3.63) is 17.4 Å². The van der Waals surface area contributed by atoms with Gasteiger partial charge in [-0.1, -0.05) is 11.6 Å². The lowest BCUT2D eigenvalue weighted by Gasteiger charge is -2.31. The molecular formula is C9H9ClN2O2. The zero-order valence-corrected chi connectivity index (χ0v) is 8.55. The van der Waals surface area contributed by atoms with E-state index < -0.39 is 5.60 Å². The highest BCUT2D eigenvalue weighted by Gasteiger charge is 2.36. The Hall–Kier alpha value is -1.29. The molecule has 0 saturated heterocycles. The van der Waals surface area contributed by atoms with Gasteiger partial charge in [0.2, 0.25) is 0 Å². The lowest BCUT2D eigenvalue weighted by atomic mass is 10.1. The third kappa shape index (κ3) is 1.32. The second-order valence-electron chi connectivity index (χ2n) is 3.54. The first kappa shape index (κ1) is 9.27. The number of anilines is 1. The fourth-order valence-corrected chi connectivity index (χ4v) is 1.39. The smallest absolute Gasteiger partial charge is 0.268 e. The minimum Gasteiger partial charge on any atom is -0.473 e. The predicted molar refractivity (Wildman–Crippen MR) is 52.6 cm³/mol. The molecule has 1 amide bonds. The molecule has 0 aliphatic carbocycles. The summed E-state index contributed by atoms with van der Waals surface area (Å²) in [6, 6.07) is 1.65. The van der Waals surface area contributed by atoms with Gasteiger partial charge in [-0.2, -0.15) is 0 Å². The van der Waals surface area contributed by atoms with Gasteiger partial charge < -0.3 is 10.1 Å². The number of carbonyl (C=O) groups excluding carboxylic acids is 1. The molecule has 1 aliphatic heterocycles. The minimum absolute atomic E-state index is 0.188. The number of amides is 1. The summed E-state index contributed by atoms with van der Waals surface area (Å²) >= 11 is 5.83. The summed E-state index contributed by atoms with van der Waals surface area (Å²) in [7, 11) is 0. The molecule has 0 atom stereocenters. The Balaban J connectivity index is 2.51. The van der Waals surface area contributed by atoms with Crippen LogP contribution in [-0.4, -0.2) is 16.5 Å². The number of fused-ring (bicyclic) bond motifs is 1. The van der Waals surface area contributed by atoms with E-state index in [9.17, 15) is 4.79 Å². The van der Waals surface area contributed by atoms with Gasteiger partial charge in [0.05, 0.1) is 5.69 Å². The lowest BCUT2D eigenvalue weighted by molar-refractivity contribution is -0.129. The lowest BCUT2D eigenvalue weighted by Crippen LogP contribution is -2.45. The highest BCUT2D eigenvalue weighted by molar-refractivity contribution is 6.31. The van der Waals surface area contributed by atoms with Crippen LogP contribution in [-0.2, 0) is 4.79 Å². The van der Waals surface area contributed by atoms with Crippen molar-refractivity contribution in [1.29, 1.82) is 0 Å². The summed E-state index contributed by atoms with van der Waals surface area (Å²) in [6.45, 7) is 3.35. The van der Waals surface area contributed by atoms with Crippen molar-refractivity contribution in [3.63, 3.8) is 0 Å². The van der Waals surface area contributed by atoms with Crippen LogP contribution in [0.4, 0.5) is 5.69 Å². The molecule has 4 nitrogen and oxygen atoms in total. The van der Waals surface area contributed by atoms with Crippen LogP contribution >= 0.6 is 11.6 Å². The number of hydrogen-bond acceptors (Lipinski definition) is 3. The van der Waals surface area contributed by atoms with Crippen LogP contribution < -0.4 is 10.1 Å². The molecule has 74 valence electrons. The quantitative estimate of drug-likeness (QED) is 0.668. The Morgan fingerprint density at radius 1 is 1.57 bits per heavy atom. The number of hydrogen-bond donors (Lipinski definition) is 1. The van der Waals surface area contributed by atoms with E-state index in [1.54, 1.807) is 19.9 Å². The van der Waals surface area contributed by atoms with Crippen molar-refractivity contribution in [2.45, 2.75) is 19.4 Å². The number of ether oxygens (including phenoxy) is 1. The molecule has 5 heteroatoms. The molecule has 0 saturated carbocycles. The average molecular weight is 213 g/mol. The zero-order chi connectivity index (χ0) is 10.3. The fourth-order valence-electron chi connectivity index (χ4n) is 1.19. The summed E-state index contributed by atoms with van der Waals surface area (Å²) in [6.07, 6.45) is 1.52. The van der Waals surface area contributed by atoms with Crippen LogP contribution in [0.3, 0.4) is 0 Å². The average Bonchev–Trinajstić information content (AvgIpc) is 2.09. The van der Waals surface area contributed by atoms with Crippen LogP contribution in [0.1, 0.15) is 13.8 Å². The predicted octanol–water partition coefficient (Wildman–Crippen LogP) is 1.84. The first-order valence-electron chi connectivity index (χ1n) is 4.16. The second kappa shape index (κ2) is 2.85. The zero-order valence-electron chi connectivity index (χ0n) is 7.80. The van der Waals surface area contributed by atoms with E-state index in [0.29, 0.717) is 11.4 Å². The van der Waals surface area contributed by atoms with Gasteiger partial charge in [-0.3, -0.25) is 4.79 Å². The van der Waals surface area contributed by atoms with E-state index >= 15 is 0 Å². The maximum Gasteiger partial charge on any atom is 0.268 e. The van der Waals surface area contributed by atoms with E-state index in [1.807, 2.05) is 0 Å². The molecule has 0 spiro atoms. The van der Waals surface area contributed by atoms with E-state index in [1.165, 1.54) is 6.20 Å². The molecule has 14 heavy (non-hydrogen) atoms. The number of pyridine rings is 1. The third-order valence-corrected chi connectivity index (χ3v) is 2.28. The number of carbonyl (C=O) groups is 1. The third-order valence-electron chi connectivity index (χ3n) is 2.01. The molecule has 2 heterocycles. The number of rotatable bonds is 0. The van der Waals surface area contributed by atoms with Crippen LogP contribution in [0, 0.1) is 0 Å². The maximum atomic E-state index is 11.5. The largest absolute Gasteiger partial charge is 0.473 e. The van der Waals surface area contributed by atoms with E-state index in [0.717, 1.165) is 0 Å². The van der Waals surface area contributed by atoms with Crippen molar-refractivity contribution < 1.29 is 9.53 Å². The van der Waals surface area contributed by atoms with Gasteiger partial charge in [0, 0.05) is 6.20 Å². The molecule has 0 unspecified atom stereocenters.